The molecule has 3 aromatic carbocycles. The van der Waals surface area contributed by atoms with Crippen LogP contribution in [0.25, 0.3) is 6.08 Å². The maximum atomic E-state index is 13.4. The Hall–Kier alpha value is -3.91. The number of halogens is 1. The molecule has 34 heavy (non-hydrogen) atoms. The zero-order chi connectivity index (χ0) is 24.1. The largest absolute Gasteiger partial charge is 0.497 e. The van der Waals surface area contributed by atoms with Gasteiger partial charge in [-0.3, -0.25) is 9.69 Å². The lowest BCUT2D eigenvalue weighted by atomic mass is 10.1. The molecular weight excluding hydrogens is 455 g/mol. The van der Waals surface area contributed by atoms with Gasteiger partial charge in [0.1, 0.15) is 23.9 Å². The molecule has 1 fully saturated rings. The maximum absolute atomic E-state index is 13.4. The summed E-state index contributed by atoms with van der Waals surface area (Å²) in [5.74, 6) is 1.15. The van der Waals surface area contributed by atoms with Crippen molar-refractivity contribution in [3.05, 3.63) is 89.4 Å². The highest BCUT2D eigenvalue weighted by Crippen LogP contribution is 2.31. The Labute approximate surface area is 202 Å². The molecule has 1 amide bonds. The molecule has 0 aromatic heterocycles. The molecule has 1 saturated heterocycles. The van der Waals surface area contributed by atoms with Crippen LogP contribution in [-0.2, 0) is 11.4 Å². The van der Waals surface area contributed by atoms with Gasteiger partial charge in [0.2, 0.25) is 0 Å². The van der Waals surface area contributed by atoms with E-state index in [0.717, 1.165) is 5.56 Å². The molecule has 4 rings (SSSR count). The molecule has 0 atom stereocenters. The first-order chi connectivity index (χ1) is 16.5. The predicted molar refractivity (Wildman–Crippen MR) is 133 cm³/mol. The molecule has 1 aliphatic rings. The van der Waals surface area contributed by atoms with E-state index < -0.39 is 0 Å². The van der Waals surface area contributed by atoms with Gasteiger partial charge in [-0.2, -0.15) is 0 Å². The van der Waals surface area contributed by atoms with Gasteiger partial charge in [-0.05, 0) is 84.9 Å². The van der Waals surface area contributed by atoms with Crippen LogP contribution in [0.2, 0.25) is 0 Å². The van der Waals surface area contributed by atoms with Crippen LogP contribution in [0.4, 0.5) is 10.1 Å². The zero-order valence-corrected chi connectivity index (χ0v) is 19.5. The highest BCUT2D eigenvalue weighted by Gasteiger charge is 2.32. The van der Waals surface area contributed by atoms with Gasteiger partial charge < -0.3 is 19.5 Å². The van der Waals surface area contributed by atoms with Crippen molar-refractivity contribution in [3.63, 3.8) is 0 Å². The number of carbonyl (C=O) groups excluding carboxylic acids is 1. The Kier molecular flexibility index (Phi) is 7.08. The van der Waals surface area contributed by atoms with Crippen molar-refractivity contribution in [3.8, 4) is 17.2 Å². The molecule has 0 unspecified atom stereocenters. The number of methoxy groups -OCH3 is 1. The maximum Gasteiger partial charge on any atom is 0.281 e. The quantitative estimate of drug-likeness (QED) is 0.360. The van der Waals surface area contributed by atoms with Gasteiger partial charge in [0.25, 0.3) is 5.91 Å². The molecule has 0 bridgehead atoms. The lowest BCUT2D eigenvalue weighted by Crippen LogP contribution is -2.30. The van der Waals surface area contributed by atoms with Crippen LogP contribution in [0.1, 0.15) is 18.1 Å². The van der Waals surface area contributed by atoms with Gasteiger partial charge in [-0.25, -0.2) is 4.39 Å². The topological polar surface area (TPSA) is 60.0 Å². The molecular formula is C26H23FN2O4S. The number of amides is 1. The first-order valence-corrected chi connectivity index (χ1v) is 11.0. The first-order valence-electron chi connectivity index (χ1n) is 10.6. The van der Waals surface area contributed by atoms with Crippen molar-refractivity contribution in [2.24, 2.45) is 0 Å². The van der Waals surface area contributed by atoms with Crippen LogP contribution in [0.15, 0.2) is 72.4 Å². The molecule has 1 heterocycles. The van der Waals surface area contributed by atoms with Crippen molar-refractivity contribution < 1.29 is 23.4 Å². The van der Waals surface area contributed by atoms with E-state index in [-0.39, 0.29) is 18.3 Å². The minimum absolute atomic E-state index is 0.198. The van der Waals surface area contributed by atoms with Crippen LogP contribution in [0.5, 0.6) is 17.2 Å². The summed E-state index contributed by atoms with van der Waals surface area (Å²) in [7, 11) is 1.58. The number of anilines is 1. The molecule has 8 heteroatoms. The van der Waals surface area contributed by atoms with Gasteiger partial charge in [0.05, 0.1) is 19.4 Å². The summed E-state index contributed by atoms with van der Waals surface area (Å²) in [6.07, 6.45) is 1.71. The predicted octanol–water partition coefficient (Wildman–Crippen LogP) is 5.07. The molecule has 0 radical (unpaired) electrons. The first kappa shape index (κ1) is 23.3. The second kappa shape index (κ2) is 10.4. The minimum atomic E-state index is -0.316. The smallest absolute Gasteiger partial charge is 0.281 e. The van der Waals surface area contributed by atoms with E-state index >= 15 is 0 Å². The number of ether oxygens (including phenoxy) is 3. The van der Waals surface area contributed by atoms with Gasteiger partial charge in [-0.15, -0.1) is 0 Å². The Morgan fingerprint density at radius 3 is 2.53 bits per heavy atom. The van der Waals surface area contributed by atoms with Gasteiger partial charge in [0.15, 0.2) is 16.6 Å². The standard InChI is InChI=1S/C26H23FN2O4S/c1-3-32-24-15-17(7-12-23(24)33-16-18-5-4-6-19(27)13-18)14-22-25(30)29(26(34)28-22)20-8-10-21(31-2)11-9-20/h4-15H,3,16H2,1-2H3,(H,28,34)/b22-14-. The third kappa shape index (κ3) is 5.18. The van der Waals surface area contributed by atoms with Crippen molar-refractivity contribution in [1.82, 2.24) is 5.32 Å². The normalized spacial score (nSPS) is 14.3. The summed E-state index contributed by atoms with van der Waals surface area (Å²) in [5.41, 5.74) is 2.43. The Balaban J connectivity index is 1.54. The lowest BCUT2D eigenvalue weighted by Gasteiger charge is -2.14. The average Bonchev–Trinajstić information content (AvgIpc) is 3.11. The summed E-state index contributed by atoms with van der Waals surface area (Å²) in [4.78, 5) is 14.5. The number of nitrogens with zero attached hydrogens (tertiary/aromatic N) is 1. The van der Waals surface area contributed by atoms with Crippen LogP contribution in [0, 0.1) is 5.82 Å². The van der Waals surface area contributed by atoms with E-state index in [0.29, 0.717) is 45.9 Å². The number of nitrogens with one attached hydrogen (secondary N) is 1. The second-order valence-corrected chi connectivity index (χ2v) is 7.77. The fourth-order valence-corrected chi connectivity index (χ4v) is 3.76. The summed E-state index contributed by atoms with van der Waals surface area (Å²) in [5, 5.41) is 3.27. The molecule has 0 saturated carbocycles. The zero-order valence-electron chi connectivity index (χ0n) is 18.7. The number of carbonyl (C=O) groups is 1. The molecule has 174 valence electrons. The van der Waals surface area contributed by atoms with E-state index in [9.17, 15) is 9.18 Å². The fourth-order valence-electron chi connectivity index (χ4n) is 3.46. The SMILES string of the molecule is CCOc1cc(/C=C2\NC(=S)N(c3ccc(OC)cc3)C2=O)ccc1OCc1cccc(F)c1. The number of hydrogen-bond donors (Lipinski definition) is 1. The third-order valence-electron chi connectivity index (χ3n) is 5.07. The van der Waals surface area contributed by atoms with Crippen LogP contribution in [-0.4, -0.2) is 24.7 Å². The van der Waals surface area contributed by atoms with E-state index in [1.54, 1.807) is 61.7 Å². The number of thiocarbonyl (C=S) groups is 1. The van der Waals surface area contributed by atoms with Gasteiger partial charge in [0, 0.05) is 0 Å². The lowest BCUT2D eigenvalue weighted by molar-refractivity contribution is -0.113. The third-order valence-corrected chi connectivity index (χ3v) is 5.36. The van der Waals surface area contributed by atoms with E-state index in [1.807, 2.05) is 13.0 Å². The molecule has 0 aliphatic carbocycles. The molecule has 0 spiro atoms. The fraction of sp³-hybridized carbons (Fsp3) is 0.154. The van der Waals surface area contributed by atoms with Crippen molar-refractivity contribution in [1.29, 1.82) is 0 Å². The number of benzene rings is 3. The highest BCUT2D eigenvalue weighted by molar-refractivity contribution is 7.80. The van der Waals surface area contributed by atoms with Crippen LogP contribution < -0.4 is 24.4 Å². The molecule has 3 aromatic rings. The van der Waals surface area contributed by atoms with Gasteiger partial charge >= 0.3 is 0 Å². The Morgan fingerprint density at radius 1 is 1.03 bits per heavy atom. The Bertz CT molecular complexity index is 1240. The summed E-state index contributed by atoms with van der Waals surface area (Å²) in [6.45, 7) is 2.50. The number of rotatable bonds is 8. The summed E-state index contributed by atoms with van der Waals surface area (Å²) < 4.78 is 30.2. The number of hydrogen-bond acceptors (Lipinski definition) is 5. The van der Waals surface area contributed by atoms with Gasteiger partial charge in [-0.1, -0.05) is 18.2 Å². The van der Waals surface area contributed by atoms with Crippen molar-refractivity contribution in [2.75, 3.05) is 18.6 Å². The van der Waals surface area contributed by atoms with E-state index in [2.05, 4.69) is 5.32 Å². The average molecular weight is 479 g/mol. The van der Waals surface area contributed by atoms with Crippen molar-refractivity contribution in [2.45, 2.75) is 13.5 Å². The molecule has 1 N–H and O–H groups in total. The molecule has 1 aliphatic heterocycles. The Morgan fingerprint density at radius 2 is 1.82 bits per heavy atom. The monoisotopic (exact) mass is 478 g/mol. The summed E-state index contributed by atoms with van der Waals surface area (Å²) >= 11 is 5.38. The minimum Gasteiger partial charge on any atom is -0.497 e. The van der Waals surface area contributed by atoms with Crippen LogP contribution >= 0.6 is 12.2 Å². The van der Waals surface area contributed by atoms with E-state index in [4.69, 9.17) is 26.4 Å². The highest BCUT2D eigenvalue weighted by atomic mass is 32.1. The molecule has 6 nitrogen and oxygen atoms in total. The summed E-state index contributed by atoms with van der Waals surface area (Å²) in [6, 6.07) is 18.7. The van der Waals surface area contributed by atoms with Crippen molar-refractivity contribution >= 4 is 35.0 Å². The van der Waals surface area contributed by atoms with Crippen LogP contribution in [0.3, 0.4) is 0 Å². The second-order valence-electron chi connectivity index (χ2n) is 7.38. The van der Waals surface area contributed by atoms with E-state index in [1.165, 1.54) is 17.0 Å².